The lowest BCUT2D eigenvalue weighted by Gasteiger charge is -2.08. The van der Waals surface area contributed by atoms with E-state index in [1.165, 1.54) is 0 Å². The summed E-state index contributed by atoms with van der Waals surface area (Å²) in [6.45, 7) is 9.73. The first kappa shape index (κ1) is 15.7. The molecule has 0 spiro atoms. The van der Waals surface area contributed by atoms with E-state index in [-0.39, 0.29) is 5.91 Å². The Morgan fingerprint density at radius 2 is 1.68 bits per heavy atom. The Morgan fingerprint density at radius 3 is 2.27 bits per heavy atom. The van der Waals surface area contributed by atoms with Gasteiger partial charge in [-0.25, -0.2) is 0 Å². The van der Waals surface area contributed by atoms with Crippen molar-refractivity contribution in [2.24, 2.45) is 4.99 Å². The quantitative estimate of drug-likeness (QED) is 0.815. The largest absolute Gasteiger partial charge is 0.322 e. The van der Waals surface area contributed by atoms with Crippen molar-refractivity contribution in [3.8, 4) is 0 Å². The summed E-state index contributed by atoms with van der Waals surface area (Å²) in [5, 5.41) is 2.90. The predicted octanol–water partition coefficient (Wildman–Crippen LogP) is 4.70. The van der Waals surface area contributed by atoms with E-state index in [9.17, 15) is 4.79 Å². The van der Waals surface area contributed by atoms with Crippen LogP contribution in [0.3, 0.4) is 0 Å². The number of aliphatic imine (C=N–C) groups is 1. The predicted molar refractivity (Wildman–Crippen MR) is 93.4 cm³/mol. The molecular weight excluding hydrogens is 272 g/mol. The average Bonchev–Trinajstić information content (AvgIpc) is 2.47. The van der Waals surface area contributed by atoms with Crippen LogP contribution in [-0.2, 0) is 0 Å². The molecule has 0 unspecified atom stereocenters. The van der Waals surface area contributed by atoms with Gasteiger partial charge in [0.05, 0.1) is 5.70 Å². The lowest BCUT2D eigenvalue weighted by Crippen LogP contribution is -2.13. The minimum Gasteiger partial charge on any atom is -0.322 e. The molecule has 0 saturated heterocycles. The van der Waals surface area contributed by atoms with Crippen LogP contribution in [0.5, 0.6) is 0 Å². The number of benzene rings is 2. The zero-order chi connectivity index (χ0) is 16.1. The molecule has 2 aromatic rings. The van der Waals surface area contributed by atoms with Gasteiger partial charge in [-0.1, -0.05) is 36.9 Å². The van der Waals surface area contributed by atoms with Gasteiger partial charge in [-0.15, -0.1) is 0 Å². The number of anilines is 1. The van der Waals surface area contributed by atoms with Gasteiger partial charge in [0, 0.05) is 17.0 Å². The molecule has 0 aliphatic carbocycles. The number of amides is 1. The Morgan fingerprint density at radius 1 is 1.05 bits per heavy atom. The maximum Gasteiger partial charge on any atom is 0.255 e. The van der Waals surface area contributed by atoms with Crippen LogP contribution in [0, 0.1) is 6.92 Å². The van der Waals surface area contributed by atoms with Crippen LogP contribution in [0.25, 0.3) is 5.70 Å². The van der Waals surface area contributed by atoms with Gasteiger partial charge in [0.2, 0.25) is 0 Å². The molecule has 0 aromatic heterocycles. The highest BCUT2D eigenvalue weighted by Gasteiger charge is 2.08. The van der Waals surface area contributed by atoms with Crippen molar-refractivity contribution in [2.75, 3.05) is 5.32 Å². The molecule has 0 radical (unpaired) electrons. The second-order valence-electron chi connectivity index (χ2n) is 5.35. The third kappa shape index (κ3) is 3.92. The minimum absolute atomic E-state index is 0.105. The van der Waals surface area contributed by atoms with Gasteiger partial charge >= 0.3 is 0 Å². The fraction of sp³-hybridized carbons (Fsp3) is 0.158. The number of hydrogen-bond donors (Lipinski definition) is 1. The summed E-state index contributed by atoms with van der Waals surface area (Å²) >= 11 is 0. The Kier molecular flexibility index (Phi) is 4.89. The van der Waals surface area contributed by atoms with E-state index in [2.05, 4.69) is 16.9 Å². The van der Waals surface area contributed by atoms with Crippen LogP contribution in [0.15, 0.2) is 60.1 Å². The Hall–Kier alpha value is -2.68. The van der Waals surface area contributed by atoms with Crippen molar-refractivity contribution in [1.29, 1.82) is 0 Å². The summed E-state index contributed by atoms with van der Waals surface area (Å²) in [6.07, 6.45) is 0. The number of nitrogens with zero attached hydrogens (tertiary/aromatic N) is 1. The molecule has 0 aliphatic heterocycles. The monoisotopic (exact) mass is 292 g/mol. The van der Waals surface area contributed by atoms with Gasteiger partial charge in [0.25, 0.3) is 5.91 Å². The molecule has 1 N–H and O–H groups in total. The summed E-state index contributed by atoms with van der Waals surface area (Å²) in [5.41, 5.74) is 5.01. The molecule has 3 heteroatoms. The molecule has 0 saturated carbocycles. The molecule has 0 bridgehead atoms. The van der Waals surface area contributed by atoms with Crippen LogP contribution in [0.4, 0.5) is 5.69 Å². The zero-order valence-corrected chi connectivity index (χ0v) is 13.2. The number of hydrogen-bond acceptors (Lipinski definition) is 2. The summed E-state index contributed by atoms with van der Waals surface area (Å²) < 4.78 is 0. The molecule has 2 rings (SSSR count). The third-order valence-electron chi connectivity index (χ3n) is 3.22. The van der Waals surface area contributed by atoms with E-state index in [0.717, 1.165) is 28.2 Å². The van der Waals surface area contributed by atoms with Gasteiger partial charge in [-0.2, -0.15) is 0 Å². The highest BCUT2D eigenvalue weighted by molar-refractivity contribution is 6.05. The SMILES string of the molecule is C=C(N=C(C)C)c1ccc(NC(=O)c2ccccc2C)cc1. The maximum absolute atomic E-state index is 12.2. The van der Waals surface area contributed by atoms with Gasteiger partial charge in [-0.3, -0.25) is 9.79 Å². The second kappa shape index (κ2) is 6.85. The molecule has 3 nitrogen and oxygen atoms in total. The van der Waals surface area contributed by atoms with E-state index < -0.39 is 0 Å². The molecule has 0 aliphatic rings. The maximum atomic E-state index is 12.2. The lowest BCUT2D eigenvalue weighted by atomic mass is 10.1. The summed E-state index contributed by atoms with van der Waals surface area (Å²) in [5.74, 6) is -0.105. The standard InChI is InChI=1S/C19H20N2O/c1-13(2)20-15(4)16-9-11-17(12-10-16)21-19(22)18-8-6-5-7-14(18)3/h5-12H,4H2,1-3H3,(H,21,22). The summed E-state index contributed by atoms with van der Waals surface area (Å²) in [4.78, 5) is 16.6. The fourth-order valence-electron chi connectivity index (χ4n) is 2.11. The first-order valence-electron chi connectivity index (χ1n) is 7.15. The molecule has 112 valence electrons. The van der Waals surface area contributed by atoms with E-state index in [1.54, 1.807) is 0 Å². The Labute approximate surface area is 131 Å². The summed E-state index contributed by atoms with van der Waals surface area (Å²) in [6, 6.07) is 15.1. The normalized spacial score (nSPS) is 9.95. The fourth-order valence-corrected chi connectivity index (χ4v) is 2.11. The molecule has 2 aromatic carbocycles. The van der Waals surface area contributed by atoms with Crippen molar-refractivity contribution in [3.63, 3.8) is 0 Å². The smallest absolute Gasteiger partial charge is 0.255 e. The van der Waals surface area contributed by atoms with Crippen molar-refractivity contribution < 1.29 is 4.79 Å². The Bertz CT molecular complexity index is 723. The van der Waals surface area contributed by atoms with Crippen LogP contribution < -0.4 is 5.32 Å². The number of carbonyl (C=O) groups excluding carboxylic acids is 1. The van der Waals surface area contributed by atoms with Gasteiger partial charge in [0.15, 0.2) is 0 Å². The molecule has 0 atom stereocenters. The van der Waals surface area contributed by atoms with Crippen LogP contribution in [0.1, 0.15) is 35.3 Å². The molecular formula is C19H20N2O. The second-order valence-corrected chi connectivity index (χ2v) is 5.35. The third-order valence-corrected chi connectivity index (χ3v) is 3.22. The van der Waals surface area contributed by atoms with Gasteiger partial charge < -0.3 is 5.32 Å². The van der Waals surface area contributed by atoms with Gasteiger partial charge in [0.1, 0.15) is 0 Å². The first-order valence-corrected chi connectivity index (χ1v) is 7.15. The van der Waals surface area contributed by atoms with Crippen LogP contribution in [-0.4, -0.2) is 11.6 Å². The number of carbonyl (C=O) groups is 1. The highest BCUT2D eigenvalue weighted by Crippen LogP contribution is 2.18. The zero-order valence-electron chi connectivity index (χ0n) is 13.2. The number of aryl methyl sites for hydroxylation is 1. The van der Waals surface area contributed by atoms with Crippen LogP contribution in [0.2, 0.25) is 0 Å². The number of nitrogens with one attached hydrogen (secondary N) is 1. The van der Waals surface area contributed by atoms with E-state index in [0.29, 0.717) is 5.56 Å². The average molecular weight is 292 g/mol. The molecule has 1 amide bonds. The lowest BCUT2D eigenvalue weighted by molar-refractivity contribution is 0.102. The first-order chi connectivity index (χ1) is 10.5. The Balaban J connectivity index is 2.12. The van der Waals surface area contributed by atoms with Crippen molar-refractivity contribution in [3.05, 3.63) is 71.8 Å². The van der Waals surface area contributed by atoms with Gasteiger partial charge in [-0.05, 0) is 50.1 Å². The topological polar surface area (TPSA) is 41.5 Å². The van der Waals surface area contributed by atoms with E-state index >= 15 is 0 Å². The summed E-state index contributed by atoms with van der Waals surface area (Å²) in [7, 11) is 0. The van der Waals surface area contributed by atoms with E-state index in [4.69, 9.17) is 0 Å². The van der Waals surface area contributed by atoms with Crippen molar-refractivity contribution in [1.82, 2.24) is 0 Å². The molecule has 22 heavy (non-hydrogen) atoms. The minimum atomic E-state index is -0.105. The molecule has 0 heterocycles. The number of rotatable bonds is 4. The highest BCUT2D eigenvalue weighted by atomic mass is 16.1. The van der Waals surface area contributed by atoms with Crippen molar-refractivity contribution >= 4 is 23.0 Å². The van der Waals surface area contributed by atoms with Crippen LogP contribution >= 0.6 is 0 Å². The van der Waals surface area contributed by atoms with E-state index in [1.807, 2.05) is 69.3 Å². The molecule has 0 fully saturated rings. The van der Waals surface area contributed by atoms with Crippen molar-refractivity contribution in [2.45, 2.75) is 20.8 Å².